The molecular formula is C22H27FN2O5S. The summed E-state index contributed by atoms with van der Waals surface area (Å²) in [5.74, 6) is 0.0437. The van der Waals surface area contributed by atoms with Gasteiger partial charge in [-0.25, -0.2) is 12.8 Å². The number of halogens is 1. The first-order valence-electron chi connectivity index (χ1n) is 10.0. The highest BCUT2D eigenvalue weighted by atomic mass is 32.2. The Morgan fingerprint density at radius 3 is 2.52 bits per heavy atom. The molecule has 1 fully saturated rings. The van der Waals surface area contributed by atoms with Crippen LogP contribution in [0.4, 0.5) is 4.39 Å². The van der Waals surface area contributed by atoms with Crippen molar-refractivity contribution in [3.63, 3.8) is 0 Å². The minimum Gasteiger partial charge on any atom is -0.497 e. The lowest BCUT2D eigenvalue weighted by atomic mass is 9.97. The number of ether oxygens (including phenoxy) is 2. The molecule has 0 aliphatic carbocycles. The fourth-order valence-corrected chi connectivity index (χ4v) is 5.24. The van der Waals surface area contributed by atoms with Gasteiger partial charge in [0.2, 0.25) is 15.9 Å². The van der Waals surface area contributed by atoms with Crippen molar-refractivity contribution in [2.75, 3.05) is 27.3 Å². The van der Waals surface area contributed by atoms with Crippen LogP contribution in [0.25, 0.3) is 0 Å². The van der Waals surface area contributed by atoms with E-state index in [0.717, 1.165) is 17.7 Å². The molecule has 1 aliphatic rings. The summed E-state index contributed by atoms with van der Waals surface area (Å²) in [6.07, 6.45) is 1.16. The highest BCUT2D eigenvalue weighted by Gasteiger charge is 2.34. The van der Waals surface area contributed by atoms with Crippen LogP contribution in [0, 0.1) is 11.7 Å². The second kappa shape index (κ2) is 9.65. The smallest absolute Gasteiger partial charge is 0.243 e. The Morgan fingerprint density at radius 2 is 1.87 bits per heavy atom. The molecule has 0 aromatic heterocycles. The van der Waals surface area contributed by atoms with Crippen LogP contribution in [-0.2, 0) is 14.8 Å². The first-order chi connectivity index (χ1) is 14.8. The van der Waals surface area contributed by atoms with E-state index in [1.54, 1.807) is 26.4 Å². The SMILES string of the molecule is COc1ccc(C(C)NC(=O)C2CCCN(S(=O)(=O)c3ccc(F)cc3)C2)c(OC)c1. The van der Waals surface area contributed by atoms with Crippen LogP contribution in [-0.4, -0.2) is 45.9 Å². The third kappa shape index (κ3) is 5.16. The molecule has 9 heteroatoms. The van der Waals surface area contributed by atoms with Gasteiger partial charge in [0.15, 0.2) is 0 Å². The number of sulfonamides is 1. The minimum absolute atomic E-state index is 0.0197. The topological polar surface area (TPSA) is 84.9 Å². The van der Waals surface area contributed by atoms with Crippen LogP contribution in [0.3, 0.4) is 0 Å². The maximum absolute atomic E-state index is 13.2. The maximum Gasteiger partial charge on any atom is 0.243 e. The highest BCUT2D eigenvalue weighted by molar-refractivity contribution is 7.89. The summed E-state index contributed by atoms with van der Waals surface area (Å²) in [5, 5.41) is 2.97. The number of benzene rings is 2. The zero-order valence-corrected chi connectivity index (χ0v) is 18.6. The number of carbonyl (C=O) groups excluding carboxylic acids is 1. The van der Waals surface area contributed by atoms with Crippen LogP contribution < -0.4 is 14.8 Å². The Morgan fingerprint density at radius 1 is 1.16 bits per heavy atom. The van der Waals surface area contributed by atoms with Gasteiger partial charge in [0.1, 0.15) is 17.3 Å². The minimum atomic E-state index is -3.79. The number of amides is 1. The lowest BCUT2D eigenvalue weighted by Crippen LogP contribution is -2.45. The number of methoxy groups -OCH3 is 2. The van der Waals surface area contributed by atoms with E-state index in [-0.39, 0.29) is 23.4 Å². The van der Waals surface area contributed by atoms with E-state index >= 15 is 0 Å². The van der Waals surface area contributed by atoms with Crippen LogP contribution in [0.5, 0.6) is 11.5 Å². The molecule has 2 unspecified atom stereocenters. The zero-order valence-electron chi connectivity index (χ0n) is 17.8. The second-order valence-electron chi connectivity index (χ2n) is 7.49. The summed E-state index contributed by atoms with van der Waals surface area (Å²) in [4.78, 5) is 12.9. The quantitative estimate of drug-likeness (QED) is 0.701. The summed E-state index contributed by atoms with van der Waals surface area (Å²) >= 11 is 0. The van der Waals surface area contributed by atoms with Crippen molar-refractivity contribution >= 4 is 15.9 Å². The Hall–Kier alpha value is -2.65. The molecule has 1 aliphatic heterocycles. The van der Waals surface area contributed by atoms with E-state index in [1.807, 2.05) is 13.0 Å². The van der Waals surface area contributed by atoms with E-state index < -0.39 is 21.8 Å². The molecule has 168 valence electrons. The first kappa shape index (κ1) is 23.0. The number of rotatable bonds is 7. The number of carbonyl (C=O) groups is 1. The van der Waals surface area contributed by atoms with E-state index in [4.69, 9.17) is 9.47 Å². The second-order valence-corrected chi connectivity index (χ2v) is 9.43. The number of nitrogens with one attached hydrogen (secondary N) is 1. The molecule has 2 aromatic carbocycles. The molecule has 3 rings (SSSR count). The normalized spacial score (nSPS) is 18.3. The zero-order chi connectivity index (χ0) is 22.6. The van der Waals surface area contributed by atoms with Gasteiger partial charge in [-0.3, -0.25) is 4.79 Å². The van der Waals surface area contributed by atoms with Crippen LogP contribution in [0.2, 0.25) is 0 Å². The largest absolute Gasteiger partial charge is 0.497 e. The number of hydrogen-bond donors (Lipinski definition) is 1. The van der Waals surface area contributed by atoms with Gasteiger partial charge in [-0.15, -0.1) is 0 Å². The first-order valence-corrected chi connectivity index (χ1v) is 11.5. The van der Waals surface area contributed by atoms with Gasteiger partial charge in [-0.2, -0.15) is 4.31 Å². The molecule has 1 saturated heterocycles. The average molecular weight is 451 g/mol. The Balaban J connectivity index is 1.70. The third-order valence-corrected chi connectivity index (χ3v) is 7.35. The molecule has 1 N–H and O–H groups in total. The summed E-state index contributed by atoms with van der Waals surface area (Å²) in [6, 6.07) is 9.74. The van der Waals surface area contributed by atoms with Crippen molar-refractivity contribution in [1.82, 2.24) is 9.62 Å². The van der Waals surface area contributed by atoms with Gasteiger partial charge in [0.25, 0.3) is 0 Å². The maximum atomic E-state index is 13.2. The molecule has 2 atom stereocenters. The van der Waals surface area contributed by atoms with Crippen LogP contribution >= 0.6 is 0 Å². The highest BCUT2D eigenvalue weighted by Crippen LogP contribution is 2.30. The van der Waals surface area contributed by atoms with Crippen molar-refractivity contribution in [3.05, 3.63) is 53.8 Å². The Kier molecular flexibility index (Phi) is 7.17. The predicted octanol–water partition coefficient (Wildman–Crippen LogP) is 3.12. The molecule has 31 heavy (non-hydrogen) atoms. The van der Waals surface area contributed by atoms with Crippen LogP contribution in [0.1, 0.15) is 31.4 Å². The molecule has 7 nitrogen and oxygen atoms in total. The van der Waals surface area contributed by atoms with Gasteiger partial charge in [-0.1, -0.05) is 0 Å². The van der Waals surface area contributed by atoms with Crippen molar-refractivity contribution < 1.29 is 27.1 Å². The van der Waals surface area contributed by atoms with Gasteiger partial charge in [0, 0.05) is 24.7 Å². The molecule has 1 amide bonds. The monoisotopic (exact) mass is 450 g/mol. The number of hydrogen-bond acceptors (Lipinski definition) is 5. The molecule has 0 bridgehead atoms. The van der Waals surface area contributed by atoms with Crippen LogP contribution in [0.15, 0.2) is 47.4 Å². The van der Waals surface area contributed by atoms with E-state index in [2.05, 4.69) is 5.32 Å². The van der Waals surface area contributed by atoms with Gasteiger partial charge >= 0.3 is 0 Å². The van der Waals surface area contributed by atoms with Gasteiger partial charge < -0.3 is 14.8 Å². The average Bonchev–Trinajstić information content (AvgIpc) is 2.78. The number of piperidine rings is 1. The Labute approximate surface area is 182 Å². The summed E-state index contributed by atoms with van der Waals surface area (Å²) < 4.78 is 50.9. The predicted molar refractivity (Wildman–Crippen MR) is 114 cm³/mol. The fourth-order valence-electron chi connectivity index (χ4n) is 3.72. The molecule has 1 heterocycles. The molecule has 2 aromatic rings. The van der Waals surface area contributed by atoms with Crippen molar-refractivity contribution in [1.29, 1.82) is 0 Å². The van der Waals surface area contributed by atoms with Gasteiger partial charge in [0.05, 0.1) is 31.1 Å². The molecule has 0 saturated carbocycles. The standard InChI is InChI=1S/C22H27FN2O5S/c1-15(20-11-8-18(29-2)13-21(20)30-3)24-22(26)16-5-4-12-25(14-16)31(27,28)19-9-6-17(23)7-10-19/h6-11,13,15-16H,4-5,12,14H2,1-3H3,(H,24,26). The molecule has 0 spiro atoms. The van der Waals surface area contributed by atoms with Crippen molar-refractivity contribution in [3.8, 4) is 11.5 Å². The third-order valence-electron chi connectivity index (χ3n) is 5.47. The summed E-state index contributed by atoms with van der Waals surface area (Å²) in [7, 11) is -0.680. The molecular weight excluding hydrogens is 423 g/mol. The van der Waals surface area contributed by atoms with Gasteiger partial charge in [-0.05, 0) is 56.2 Å². The van der Waals surface area contributed by atoms with Crippen molar-refractivity contribution in [2.45, 2.75) is 30.7 Å². The van der Waals surface area contributed by atoms with E-state index in [0.29, 0.717) is 30.9 Å². The lowest BCUT2D eigenvalue weighted by Gasteiger charge is -2.32. The van der Waals surface area contributed by atoms with E-state index in [9.17, 15) is 17.6 Å². The molecule has 0 radical (unpaired) electrons. The van der Waals surface area contributed by atoms with E-state index in [1.165, 1.54) is 16.4 Å². The Bertz CT molecular complexity index is 1030. The van der Waals surface area contributed by atoms with Crippen molar-refractivity contribution in [2.24, 2.45) is 5.92 Å². The lowest BCUT2D eigenvalue weighted by molar-refractivity contribution is -0.126. The summed E-state index contributed by atoms with van der Waals surface area (Å²) in [6.45, 7) is 2.25. The number of nitrogens with zero attached hydrogens (tertiary/aromatic N) is 1. The fraction of sp³-hybridized carbons (Fsp3) is 0.409. The summed E-state index contributed by atoms with van der Waals surface area (Å²) in [5.41, 5.74) is 0.795.